The lowest BCUT2D eigenvalue weighted by Crippen LogP contribution is -2.44. The van der Waals surface area contributed by atoms with Gasteiger partial charge in [-0.3, -0.25) is 0 Å². The highest BCUT2D eigenvalue weighted by molar-refractivity contribution is 7.88. The highest BCUT2D eigenvalue weighted by atomic mass is 35.5. The lowest BCUT2D eigenvalue weighted by molar-refractivity contribution is -0.137. The minimum atomic E-state index is -4.62. The van der Waals surface area contributed by atoms with E-state index in [1.54, 1.807) is 23.8 Å². The zero-order valence-electron chi connectivity index (χ0n) is 22.5. The second-order valence-electron chi connectivity index (χ2n) is 9.21. The number of carbonyl (C=O) groups excluding carboxylic acids is 1. The summed E-state index contributed by atoms with van der Waals surface area (Å²) in [4.78, 5) is 15.7. The SMILES string of the molecule is COCCOc1ccc(CCCOC(=O)NS(=O)(=O)NC(C)CC(C)C)c(Oc2ncc(C(F)(F)F)cc2Cl)c1. The van der Waals surface area contributed by atoms with Gasteiger partial charge in [-0.2, -0.15) is 26.3 Å². The van der Waals surface area contributed by atoms with Gasteiger partial charge in [0.15, 0.2) is 0 Å². The third kappa shape index (κ3) is 11.7. The molecular weight excluding hydrogens is 579 g/mol. The summed E-state index contributed by atoms with van der Waals surface area (Å²) in [6.07, 6.45) is -4.01. The number of rotatable bonds is 15. The van der Waals surface area contributed by atoms with Gasteiger partial charge in [-0.05, 0) is 49.8 Å². The normalized spacial score (nSPS) is 12.7. The van der Waals surface area contributed by atoms with Gasteiger partial charge in [0.1, 0.15) is 23.1 Å². The summed E-state index contributed by atoms with van der Waals surface area (Å²) in [5.41, 5.74) is -0.443. The Hall–Kier alpha value is -2.81. The highest BCUT2D eigenvalue weighted by Crippen LogP contribution is 2.36. The van der Waals surface area contributed by atoms with Crippen molar-refractivity contribution in [3.8, 4) is 17.4 Å². The molecule has 2 N–H and O–H groups in total. The van der Waals surface area contributed by atoms with Crippen LogP contribution < -0.4 is 18.9 Å². The fraction of sp³-hybridized carbons (Fsp3) is 0.520. The van der Waals surface area contributed by atoms with Gasteiger partial charge in [0.25, 0.3) is 0 Å². The van der Waals surface area contributed by atoms with Gasteiger partial charge >= 0.3 is 22.5 Å². The Labute approximate surface area is 236 Å². The topological polar surface area (TPSA) is 125 Å². The van der Waals surface area contributed by atoms with E-state index >= 15 is 0 Å². The van der Waals surface area contributed by atoms with E-state index in [9.17, 15) is 26.4 Å². The van der Waals surface area contributed by atoms with Crippen LogP contribution in [0.15, 0.2) is 30.5 Å². The van der Waals surface area contributed by atoms with Crippen LogP contribution in [0.5, 0.6) is 17.4 Å². The van der Waals surface area contributed by atoms with Crippen molar-refractivity contribution < 1.29 is 45.3 Å². The van der Waals surface area contributed by atoms with E-state index < -0.39 is 28.0 Å². The van der Waals surface area contributed by atoms with Gasteiger partial charge in [-0.15, -0.1) is 0 Å². The van der Waals surface area contributed by atoms with Gasteiger partial charge in [-0.25, -0.2) is 14.5 Å². The summed E-state index contributed by atoms with van der Waals surface area (Å²) in [5.74, 6) is 0.624. The van der Waals surface area contributed by atoms with E-state index in [1.165, 1.54) is 13.2 Å². The Bertz CT molecular complexity index is 1230. The minimum Gasteiger partial charge on any atom is -0.491 e. The van der Waals surface area contributed by atoms with E-state index in [2.05, 4.69) is 9.71 Å². The summed E-state index contributed by atoms with van der Waals surface area (Å²) < 4.78 is 88.5. The molecule has 1 atom stereocenters. The molecule has 1 amide bonds. The molecule has 10 nitrogen and oxygen atoms in total. The molecule has 0 aliphatic carbocycles. The number of amides is 1. The lowest BCUT2D eigenvalue weighted by atomic mass is 10.1. The number of hydrogen-bond donors (Lipinski definition) is 2. The monoisotopic (exact) mass is 611 g/mol. The van der Waals surface area contributed by atoms with Crippen molar-refractivity contribution in [2.24, 2.45) is 5.92 Å². The Morgan fingerprint density at radius 3 is 2.48 bits per heavy atom. The number of aryl methyl sites for hydroxylation is 1. The second kappa shape index (κ2) is 15.3. The molecule has 1 heterocycles. The van der Waals surface area contributed by atoms with Crippen LogP contribution in [0.1, 0.15) is 44.7 Å². The van der Waals surface area contributed by atoms with Crippen LogP contribution in [0.2, 0.25) is 5.02 Å². The van der Waals surface area contributed by atoms with E-state index in [0.717, 1.165) is 0 Å². The van der Waals surface area contributed by atoms with E-state index in [1.807, 2.05) is 13.8 Å². The van der Waals surface area contributed by atoms with Gasteiger partial charge < -0.3 is 18.9 Å². The van der Waals surface area contributed by atoms with Crippen LogP contribution in [0.3, 0.4) is 0 Å². The number of carbonyl (C=O) groups is 1. The highest BCUT2D eigenvalue weighted by Gasteiger charge is 2.32. The van der Waals surface area contributed by atoms with E-state index in [0.29, 0.717) is 36.6 Å². The van der Waals surface area contributed by atoms with Crippen LogP contribution in [0, 0.1) is 5.92 Å². The Morgan fingerprint density at radius 2 is 1.85 bits per heavy atom. The van der Waals surface area contributed by atoms with Gasteiger partial charge in [0, 0.05) is 25.4 Å². The molecule has 1 aromatic heterocycles. The van der Waals surface area contributed by atoms with Crippen LogP contribution in [-0.4, -0.2) is 52.5 Å². The zero-order chi connectivity index (χ0) is 29.9. The van der Waals surface area contributed by atoms with Crippen LogP contribution in [-0.2, 0) is 32.3 Å². The maximum absolute atomic E-state index is 13.0. The molecule has 2 rings (SSSR count). The number of nitrogens with one attached hydrogen (secondary N) is 2. The number of ether oxygens (including phenoxy) is 4. The van der Waals surface area contributed by atoms with Crippen LogP contribution in [0.25, 0.3) is 0 Å². The smallest absolute Gasteiger partial charge is 0.421 e. The Balaban J connectivity index is 2.05. The molecule has 0 aliphatic heterocycles. The molecular formula is C25H33ClF3N3O7S. The lowest BCUT2D eigenvalue weighted by Gasteiger charge is -2.16. The van der Waals surface area contributed by atoms with Crippen molar-refractivity contribution in [3.05, 3.63) is 46.6 Å². The average Bonchev–Trinajstić information content (AvgIpc) is 2.82. The first-order chi connectivity index (χ1) is 18.7. The molecule has 40 heavy (non-hydrogen) atoms. The molecule has 0 saturated carbocycles. The van der Waals surface area contributed by atoms with Crippen LogP contribution >= 0.6 is 11.6 Å². The number of hydrogen-bond acceptors (Lipinski definition) is 8. The standard InChI is InChI=1S/C25H33ClF3N3O7S/c1-16(2)12-17(3)31-40(34,35)32-24(33)38-9-5-6-18-7-8-20(37-11-10-36-4)14-22(18)39-23-21(26)13-19(15-30-23)25(27,28)29/h7-8,13-17,31H,5-6,9-12H2,1-4H3,(H,32,33). The number of alkyl halides is 3. The first-order valence-electron chi connectivity index (χ1n) is 12.3. The van der Waals surface area contributed by atoms with Gasteiger partial charge in [0.05, 0.1) is 18.8 Å². The second-order valence-corrected chi connectivity index (χ2v) is 11.1. The summed E-state index contributed by atoms with van der Waals surface area (Å²) in [7, 11) is -2.58. The average molecular weight is 612 g/mol. The predicted molar refractivity (Wildman–Crippen MR) is 142 cm³/mol. The van der Waals surface area contributed by atoms with E-state index in [4.69, 9.17) is 30.5 Å². The van der Waals surface area contributed by atoms with Gasteiger partial charge in [0.2, 0.25) is 5.88 Å². The summed E-state index contributed by atoms with van der Waals surface area (Å²) in [6, 6.07) is 5.17. The Kier molecular flexibility index (Phi) is 12.7. The zero-order valence-corrected chi connectivity index (χ0v) is 24.1. The first-order valence-corrected chi connectivity index (χ1v) is 14.2. The summed E-state index contributed by atoms with van der Waals surface area (Å²) >= 11 is 6.00. The maximum Gasteiger partial charge on any atom is 0.421 e. The molecule has 224 valence electrons. The molecule has 0 radical (unpaired) electrons. The fourth-order valence-corrected chi connectivity index (χ4v) is 4.71. The third-order valence-electron chi connectivity index (χ3n) is 5.16. The van der Waals surface area contributed by atoms with Crippen molar-refractivity contribution in [3.63, 3.8) is 0 Å². The molecule has 0 aliphatic rings. The number of aromatic nitrogens is 1. The van der Waals surface area contributed by atoms with E-state index in [-0.39, 0.29) is 54.7 Å². The number of pyridine rings is 1. The largest absolute Gasteiger partial charge is 0.491 e. The van der Waals surface area contributed by atoms with Gasteiger partial charge in [-0.1, -0.05) is 31.5 Å². The predicted octanol–water partition coefficient (Wildman–Crippen LogP) is 5.50. The molecule has 1 unspecified atom stereocenters. The molecule has 0 saturated heterocycles. The Morgan fingerprint density at radius 1 is 1.12 bits per heavy atom. The van der Waals surface area contributed by atoms with Crippen LogP contribution in [0.4, 0.5) is 18.0 Å². The van der Waals surface area contributed by atoms with Crippen molar-refractivity contribution in [1.29, 1.82) is 0 Å². The van der Waals surface area contributed by atoms with Crippen molar-refractivity contribution >= 4 is 27.9 Å². The molecule has 1 aromatic carbocycles. The molecule has 15 heteroatoms. The number of methoxy groups -OCH3 is 1. The molecule has 0 fully saturated rings. The quantitative estimate of drug-likeness (QED) is 0.253. The van der Waals surface area contributed by atoms with Crippen molar-refractivity contribution in [2.45, 2.75) is 52.3 Å². The number of benzene rings is 1. The molecule has 0 spiro atoms. The third-order valence-corrected chi connectivity index (χ3v) is 6.58. The summed E-state index contributed by atoms with van der Waals surface area (Å²) in [5, 5.41) is -0.344. The maximum atomic E-state index is 13.0. The van der Waals surface area contributed by atoms with Crippen molar-refractivity contribution in [2.75, 3.05) is 26.9 Å². The molecule has 0 bridgehead atoms. The number of halogens is 4. The number of nitrogens with zero attached hydrogens (tertiary/aromatic N) is 1. The van der Waals surface area contributed by atoms with Crippen molar-refractivity contribution in [1.82, 2.24) is 14.4 Å². The minimum absolute atomic E-state index is 0.131. The fourth-order valence-electron chi connectivity index (χ4n) is 3.54. The first kappa shape index (κ1) is 33.4. The summed E-state index contributed by atoms with van der Waals surface area (Å²) in [6.45, 7) is 6.01. The molecule has 2 aromatic rings.